The van der Waals surface area contributed by atoms with Crippen LogP contribution >= 0.6 is 0 Å². The lowest BCUT2D eigenvalue weighted by Crippen LogP contribution is -2.39. The molecule has 0 spiro atoms. The van der Waals surface area contributed by atoms with Crippen molar-refractivity contribution in [1.82, 2.24) is 24.9 Å². The van der Waals surface area contributed by atoms with Gasteiger partial charge in [-0.05, 0) is 31.7 Å². The molecular weight excluding hydrogens is 429 g/mol. The van der Waals surface area contributed by atoms with Gasteiger partial charge in [-0.25, -0.2) is 4.79 Å². The lowest BCUT2D eigenvalue weighted by Gasteiger charge is -2.26. The maximum absolute atomic E-state index is 12.5. The van der Waals surface area contributed by atoms with Crippen molar-refractivity contribution >= 4 is 17.8 Å². The highest BCUT2D eigenvalue weighted by atomic mass is 19.4. The highest BCUT2D eigenvalue weighted by Crippen LogP contribution is 2.36. The number of carbonyl (C=O) groups excluding carboxylic acids is 2. The Balaban J connectivity index is 1.47. The fraction of sp³-hybridized carbons (Fsp3) is 0.600. The number of aromatic nitrogens is 4. The number of aryl methyl sites for hydroxylation is 1. The number of hydrogen-bond donors (Lipinski definition) is 2. The summed E-state index contributed by atoms with van der Waals surface area (Å²) in [5.74, 6) is 0.225. The predicted molar refractivity (Wildman–Crippen MR) is 109 cm³/mol. The molecule has 1 aliphatic rings. The number of carbonyl (C=O) groups is 2. The Morgan fingerprint density at radius 1 is 1.41 bits per heavy atom. The minimum atomic E-state index is -4.35. The fourth-order valence-electron chi connectivity index (χ4n) is 3.75. The number of rotatable bonds is 7. The van der Waals surface area contributed by atoms with Gasteiger partial charge in [0.05, 0.1) is 19.0 Å². The molecule has 2 aromatic rings. The minimum absolute atomic E-state index is 0.0437. The summed E-state index contributed by atoms with van der Waals surface area (Å²) >= 11 is 0. The van der Waals surface area contributed by atoms with E-state index in [4.69, 9.17) is 4.74 Å². The topological polar surface area (TPSA) is 105 Å². The van der Waals surface area contributed by atoms with Crippen LogP contribution in [0.25, 0.3) is 0 Å². The molecule has 1 saturated carbocycles. The second kappa shape index (κ2) is 9.61. The molecule has 3 rings (SSSR count). The molecule has 0 aliphatic heterocycles. The van der Waals surface area contributed by atoms with E-state index in [1.165, 1.54) is 14.0 Å². The van der Waals surface area contributed by atoms with E-state index in [1.54, 1.807) is 30.2 Å². The zero-order chi connectivity index (χ0) is 23.5. The molecule has 9 nitrogen and oxygen atoms in total. The number of nitrogens with zero attached hydrogens (tertiary/aromatic N) is 4. The van der Waals surface area contributed by atoms with Gasteiger partial charge in [0.2, 0.25) is 5.91 Å². The van der Waals surface area contributed by atoms with Crippen LogP contribution in [0.3, 0.4) is 0 Å². The summed E-state index contributed by atoms with van der Waals surface area (Å²) in [5, 5.41) is 13.8. The Kier molecular flexibility index (Phi) is 7.09. The number of alkyl halides is 3. The van der Waals surface area contributed by atoms with Gasteiger partial charge in [0, 0.05) is 44.0 Å². The van der Waals surface area contributed by atoms with Crippen LogP contribution in [0.5, 0.6) is 0 Å². The lowest BCUT2D eigenvalue weighted by molar-refractivity contribution is -0.144. The molecule has 3 atom stereocenters. The van der Waals surface area contributed by atoms with Crippen molar-refractivity contribution < 1.29 is 27.5 Å². The highest BCUT2D eigenvalue weighted by molar-refractivity contribution is 5.91. The smallest absolute Gasteiger partial charge is 0.410 e. The van der Waals surface area contributed by atoms with Gasteiger partial charge in [0.25, 0.3) is 0 Å². The molecule has 2 aromatic heterocycles. The number of ether oxygens (including phenoxy) is 1. The Hall–Kier alpha value is -3.05. The number of hydrogen-bond acceptors (Lipinski definition) is 5. The van der Waals surface area contributed by atoms with Crippen molar-refractivity contribution in [3.8, 4) is 0 Å². The van der Waals surface area contributed by atoms with Crippen molar-refractivity contribution in [2.75, 3.05) is 12.4 Å². The summed E-state index contributed by atoms with van der Waals surface area (Å²) < 4.78 is 44.7. The third-order valence-electron chi connectivity index (χ3n) is 5.56. The van der Waals surface area contributed by atoms with E-state index in [1.807, 2.05) is 0 Å². The SMILES string of the molecule is CC(CC(F)(F)F)N(C)C(=O)O[C@@H]1CC[C@H](c2cc(NC(=O)Cc3cnn(C)c3)n[nH]2)C1. The average molecular weight is 456 g/mol. The van der Waals surface area contributed by atoms with Gasteiger partial charge in [0.1, 0.15) is 6.10 Å². The molecule has 176 valence electrons. The Bertz CT molecular complexity index is 941. The van der Waals surface area contributed by atoms with E-state index >= 15 is 0 Å². The molecule has 2 N–H and O–H groups in total. The summed E-state index contributed by atoms with van der Waals surface area (Å²) in [6.45, 7) is 1.33. The highest BCUT2D eigenvalue weighted by Gasteiger charge is 2.35. The molecule has 2 heterocycles. The van der Waals surface area contributed by atoms with Crippen LogP contribution in [0.2, 0.25) is 0 Å². The Morgan fingerprint density at radius 2 is 2.16 bits per heavy atom. The molecule has 0 aromatic carbocycles. The fourth-order valence-corrected chi connectivity index (χ4v) is 3.75. The van der Waals surface area contributed by atoms with Gasteiger partial charge in [0.15, 0.2) is 5.82 Å². The van der Waals surface area contributed by atoms with E-state index in [2.05, 4.69) is 20.6 Å². The third-order valence-corrected chi connectivity index (χ3v) is 5.56. The number of anilines is 1. The minimum Gasteiger partial charge on any atom is -0.446 e. The van der Waals surface area contributed by atoms with E-state index in [0.29, 0.717) is 18.7 Å². The van der Waals surface area contributed by atoms with Crippen molar-refractivity contribution in [2.45, 2.75) is 63.3 Å². The summed E-state index contributed by atoms with van der Waals surface area (Å²) in [7, 11) is 3.08. The quantitative estimate of drug-likeness (QED) is 0.665. The van der Waals surface area contributed by atoms with Crippen LogP contribution in [0.15, 0.2) is 18.5 Å². The molecule has 32 heavy (non-hydrogen) atoms. The maximum atomic E-state index is 12.5. The molecule has 1 unspecified atom stereocenters. The van der Waals surface area contributed by atoms with Crippen LogP contribution < -0.4 is 5.32 Å². The number of amides is 2. The number of H-pyrrole nitrogens is 1. The van der Waals surface area contributed by atoms with E-state index in [-0.39, 0.29) is 24.3 Å². The molecule has 12 heteroatoms. The summed E-state index contributed by atoms with van der Waals surface area (Å²) in [6, 6.07) is 0.734. The molecular formula is C20H27F3N6O3. The van der Waals surface area contributed by atoms with Crippen LogP contribution in [0.4, 0.5) is 23.8 Å². The van der Waals surface area contributed by atoms with E-state index < -0.39 is 24.7 Å². The largest absolute Gasteiger partial charge is 0.446 e. The van der Waals surface area contributed by atoms with Crippen molar-refractivity contribution in [3.63, 3.8) is 0 Å². The number of nitrogens with one attached hydrogen (secondary N) is 2. The van der Waals surface area contributed by atoms with E-state index in [0.717, 1.165) is 22.6 Å². The van der Waals surface area contributed by atoms with Gasteiger partial charge < -0.3 is 15.0 Å². The number of aromatic amines is 1. The first kappa shape index (κ1) is 23.6. The normalized spacial score (nSPS) is 19.6. The molecule has 2 amide bonds. The predicted octanol–water partition coefficient (Wildman–Crippen LogP) is 3.37. The summed E-state index contributed by atoms with van der Waals surface area (Å²) in [6.07, 6.45) is -1.18. The molecule has 0 saturated heterocycles. The third kappa shape index (κ3) is 6.47. The van der Waals surface area contributed by atoms with Gasteiger partial charge in [-0.2, -0.15) is 23.4 Å². The van der Waals surface area contributed by atoms with Crippen LogP contribution in [0, 0.1) is 0 Å². The van der Waals surface area contributed by atoms with Gasteiger partial charge >= 0.3 is 12.3 Å². The molecule has 0 radical (unpaired) electrons. The summed E-state index contributed by atoms with van der Waals surface area (Å²) in [4.78, 5) is 25.4. The number of halogens is 3. The van der Waals surface area contributed by atoms with Gasteiger partial charge in [-0.1, -0.05) is 0 Å². The first-order valence-corrected chi connectivity index (χ1v) is 10.3. The zero-order valence-electron chi connectivity index (χ0n) is 18.1. The first-order valence-electron chi connectivity index (χ1n) is 10.3. The van der Waals surface area contributed by atoms with Crippen LogP contribution in [-0.2, 0) is 23.0 Å². The Labute approximate surface area is 183 Å². The van der Waals surface area contributed by atoms with E-state index in [9.17, 15) is 22.8 Å². The van der Waals surface area contributed by atoms with Crippen molar-refractivity contribution in [1.29, 1.82) is 0 Å². The standard InChI is InChI=1S/C20H27F3N6O3/c1-12(9-20(21,22)23)29(3)19(31)32-15-5-4-14(7-15)16-8-17(27-26-16)25-18(30)6-13-10-24-28(2)11-13/h8,10-12,14-15H,4-7,9H2,1-3H3,(H2,25,26,27,30)/t12?,14-,15+/m0/s1. The second-order valence-electron chi connectivity index (χ2n) is 8.25. The van der Waals surface area contributed by atoms with Crippen LogP contribution in [0.1, 0.15) is 49.8 Å². The molecule has 1 fully saturated rings. The zero-order valence-corrected chi connectivity index (χ0v) is 18.1. The molecule has 1 aliphatic carbocycles. The Morgan fingerprint density at radius 3 is 2.81 bits per heavy atom. The van der Waals surface area contributed by atoms with Crippen molar-refractivity contribution in [3.05, 3.63) is 29.7 Å². The maximum Gasteiger partial charge on any atom is 0.410 e. The lowest BCUT2D eigenvalue weighted by atomic mass is 10.0. The monoisotopic (exact) mass is 456 g/mol. The van der Waals surface area contributed by atoms with Gasteiger partial charge in [-0.15, -0.1) is 0 Å². The van der Waals surface area contributed by atoms with Crippen LogP contribution in [-0.4, -0.2) is 62.2 Å². The first-order chi connectivity index (χ1) is 15.0. The summed E-state index contributed by atoms with van der Waals surface area (Å²) in [5.41, 5.74) is 1.59. The average Bonchev–Trinajstić information content (AvgIpc) is 3.41. The van der Waals surface area contributed by atoms with Crippen molar-refractivity contribution in [2.24, 2.45) is 7.05 Å². The van der Waals surface area contributed by atoms with Gasteiger partial charge in [-0.3, -0.25) is 14.6 Å². The molecule has 0 bridgehead atoms. The second-order valence-corrected chi connectivity index (χ2v) is 8.25.